The summed E-state index contributed by atoms with van der Waals surface area (Å²) in [6.07, 6.45) is 9.65. The Labute approximate surface area is 360 Å². The van der Waals surface area contributed by atoms with Gasteiger partial charge in [-0.05, 0) is 76.2 Å². The Bertz CT molecular complexity index is 3250. The Morgan fingerprint density at radius 1 is 0.435 bits per heavy atom. The van der Waals surface area contributed by atoms with E-state index < -0.39 is 0 Å². The number of benzene rings is 8. The molecule has 0 aliphatic heterocycles. The van der Waals surface area contributed by atoms with E-state index in [0.29, 0.717) is 17.5 Å². The van der Waals surface area contributed by atoms with Crippen molar-refractivity contribution in [1.82, 2.24) is 15.0 Å². The standard InChI is InChI=1S/C57H40N4O/c1-5-16-39(17-6-1)42-28-30-44(31-29-42)55-58-56(46-23-15-22-45(38-46)41-20-9-3-10-21-41)60-57(59-55)50-36-37-51(53-49-26-13-14-27-52(49)62-54(50)53)61(47-24-11-4-12-25-47)48-34-32-43(33-35-48)40-18-7-2-8-19-40/h1-24,26-38,47H,25H2. The predicted molar refractivity (Wildman–Crippen MR) is 255 cm³/mol. The van der Waals surface area contributed by atoms with Crippen LogP contribution in [0.2, 0.25) is 0 Å². The lowest BCUT2D eigenvalue weighted by atomic mass is 9.99. The normalized spacial score (nSPS) is 13.5. The van der Waals surface area contributed by atoms with Crippen molar-refractivity contribution in [2.45, 2.75) is 12.5 Å². The van der Waals surface area contributed by atoms with E-state index in [1.165, 1.54) is 11.1 Å². The maximum atomic E-state index is 6.90. The summed E-state index contributed by atoms with van der Waals surface area (Å²) < 4.78 is 6.90. The lowest BCUT2D eigenvalue weighted by molar-refractivity contribution is 0.669. The fraction of sp³-hybridized carbons (Fsp3) is 0.0351. The third-order valence-electron chi connectivity index (χ3n) is 11.7. The van der Waals surface area contributed by atoms with Gasteiger partial charge in [0.25, 0.3) is 0 Å². The van der Waals surface area contributed by atoms with Crippen molar-refractivity contribution >= 4 is 33.3 Å². The van der Waals surface area contributed by atoms with Crippen molar-refractivity contribution in [2.75, 3.05) is 4.90 Å². The van der Waals surface area contributed by atoms with Gasteiger partial charge in [0, 0.05) is 22.2 Å². The molecule has 1 aliphatic rings. The molecule has 0 N–H and O–H groups in total. The lowest BCUT2D eigenvalue weighted by Gasteiger charge is -2.33. The first-order valence-corrected chi connectivity index (χ1v) is 21.0. The molecule has 0 radical (unpaired) electrons. The summed E-state index contributed by atoms with van der Waals surface area (Å²) in [6.45, 7) is 0. The van der Waals surface area contributed by atoms with Crippen LogP contribution in [0.1, 0.15) is 6.42 Å². The number of fused-ring (bicyclic) bond motifs is 3. The molecule has 0 saturated heterocycles. The molecule has 10 aromatic rings. The summed E-state index contributed by atoms with van der Waals surface area (Å²) >= 11 is 0. The number of nitrogens with zero attached hydrogens (tertiary/aromatic N) is 4. The van der Waals surface area contributed by atoms with E-state index in [-0.39, 0.29) is 6.04 Å². The number of hydrogen-bond acceptors (Lipinski definition) is 5. The molecule has 0 amide bonds. The average Bonchev–Trinajstić information content (AvgIpc) is 3.76. The van der Waals surface area contributed by atoms with Crippen molar-refractivity contribution in [2.24, 2.45) is 0 Å². The lowest BCUT2D eigenvalue weighted by Crippen LogP contribution is -2.30. The van der Waals surface area contributed by atoms with E-state index in [9.17, 15) is 0 Å². The third kappa shape index (κ3) is 7.06. The largest absolute Gasteiger partial charge is 0.455 e. The highest BCUT2D eigenvalue weighted by Gasteiger charge is 2.26. The van der Waals surface area contributed by atoms with Crippen LogP contribution in [0, 0.1) is 0 Å². The SMILES string of the molecule is C1=CCC(N(c2ccc(-c3ccccc3)cc2)c2ccc(-c3nc(-c4ccc(-c5ccccc5)cc4)nc(-c4cccc(-c5ccccc5)c4)n3)c3oc4ccccc4c23)C=C1. The zero-order valence-electron chi connectivity index (χ0n) is 33.8. The van der Waals surface area contributed by atoms with Gasteiger partial charge in [-0.15, -0.1) is 0 Å². The smallest absolute Gasteiger partial charge is 0.167 e. The molecule has 5 nitrogen and oxygen atoms in total. The summed E-state index contributed by atoms with van der Waals surface area (Å²) in [7, 11) is 0. The van der Waals surface area contributed by atoms with Crippen molar-refractivity contribution in [3.63, 3.8) is 0 Å². The van der Waals surface area contributed by atoms with Crippen LogP contribution in [0.4, 0.5) is 11.4 Å². The summed E-state index contributed by atoms with van der Waals surface area (Å²) in [5, 5.41) is 2.04. The van der Waals surface area contributed by atoms with Gasteiger partial charge in [0.05, 0.1) is 22.7 Å². The van der Waals surface area contributed by atoms with Crippen molar-refractivity contribution in [3.8, 4) is 67.5 Å². The highest BCUT2D eigenvalue weighted by atomic mass is 16.3. The fourth-order valence-corrected chi connectivity index (χ4v) is 8.57. The van der Waals surface area contributed by atoms with Crippen molar-refractivity contribution in [1.29, 1.82) is 0 Å². The number of aromatic nitrogens is 3. The van der Waals surface area contributed by atoms with E-state index >= 15 is 0 Å². The summed E-state index contributed by atoms with van der Waals surface area (Å²) in [6, 6.07) is 69.8. The number of allylic oxidation sites excluding steroid dienone is 2. The highest BCUT2D eigenvalue weighted by molar-refractivity contribution is 6.16. The molecule has 0 saturated carbocycles. The molecule has 0 spiro atoms. The maximum Gasteiger partial charge on any atom is 0.167 e. The summed E-state index contributed by atoms with van der Waals surface area (Å²) in [4.78, 5) is 18.1. The Morgan fingerprint density at radius 2 is 0.968 bits per heavy atom. The van der Waals surface area contributed by atoms with Crippen LogP contribution < -0.4 is 4.90 Å². The van der Waals surface area contributed by atoms with Gasteiger partial charge in [0.15, 0.2) is 17.5 Å². The first kappa shape index (κ1) is 36.9. The molecular formula is C57H40N4O. The van der Waals surface area contributed by atoms with Gasteiger partial charge in [0.1, 0.15) is 11.2 Å². The second-order valence-electron chi connectivity index (χ2n) is 15.5. The monoisotopic (exact) mass is 796 g/mol. The minimum atomic E-state index is 0.0800. The zero-order valence-corrected chi connectivity index (χ0v) is 33.8. The van der Waals surface area contributed by atoms with Gasteiger partial charge in [-0.1, -0.05) is 188 Å². The van der Waals surface area contributed by atoms with Crippen LogP contribution in [0.15, 0.2) is 229 Å². The number of rotatable bonds is 9. The number of anilines is 2. The second-order valence-corrected chi connectivity index (χ2v) is 15.5. The second kappa shape index (κ2) is 16.1. The molecule has 1 unspecified atom stereocenters. The Hall–Kier alpha value is -8.15. The summed E-state index contributed by atoms with van der Waals surface area (Å²) in [5.74, 6) is 1.71. The van der Waals surface area contributed by atoms with Crippen molar-refractivity contribution in [3.05, 3.63) is 224 Å². The Morgan fingerprint density at radius 3 is 1.63 bits per heavy atom. The molecule has 11 rings (SSSR count). The fourth-order valence-electron chi connectivity index (χ4n) is 8.57. The molecular weight excluding hydrogens is 757 g/mol. The van der Waals surface area contributed by atoms with Gasteiger partial charge in [0.2, 0.25) is 0 Å². The van der Waals surface area contributed by atoms with Crippen molar-refractivity contribution < 1.29 is 4.42 Å². The van der Waals surface area contributed by atoms with Crippen LogP contribution in [-0.4, -0.2) is 21.0 Å². The van der Waals surface area contributed by atoms with Crippen LogP contribution in [-0.2, 0) is 0 Å². The van der Waals surface area contributed by atoms with Gasteiger partial charge in [-0.2, -0.15) is 0 Å². The molecule has 8 aromatic carbocycles. The molecule has 2 heterocycles. The average molecular weight is 797 g/mol. The molecule has 62 heavy (non-hydrogen) atoms. The Balaban J connectivity index is 1.09. The summed E-state index contributed by atoms with van der Waals surface area (Å²) in [5.41, 5.74) is 13.1. The van der Waals surface area contributed by atoms with E-state index in [2.05, 4.69) is 205 Å². The zero-order chi connectivity index (χ0) is 41.2. The highest BCUT2D eigenvalue weighted by Crippen LogP contribution is 2.45. The molecule has 0 fully saturated rings. The first-order chi connectivity index (χ1) is 30.7. The quantitative estimate of drug-likeness (QED) is 0.146. The maximum absolute atomic E-state index is 6.90. The van der Waals surface area contributed by atoms with E-state index in [1.807, 2.05) is 24.3 Å². The Kier molecular flexibility index (Phi) is 9.60. The van der Waals surface area contributed by atoms with E-state index in [1.54, 1.807) is 0 Å². The van der Waals surface area contributed by atoms with Gasteiger partial charge in [-0.3, -0.25) is 0 Å². The minimum Gasteiger partial charge on any atom is -0.455 e. The first-order valence-electron chi connectivity index (χ1n) is 21.0. The minimum absolute atomic E-state index is 0.0800. The molecule has 1 aliphatic carbocycles. The van der Waals surface area contributed by atoms with E-state index in [4.69, 9.17) is 19.4 Å². The molecule has 2 aromatic heterocycles. The van der Waals surface area contributed by atoms with Gasteiger partial charge in [-0.25, -0.2) is 15.0 Å². The molecule has 294 valence electrons. The van der Waals surface area contributed by atoms with Crippen LogP contribution in [0.3, 0.4) is 0 Å². The van der Waals surface area contributed by atoms with Crippen LogP contribution in [0.25, 0.3) is 89.5 Å². The predicted octanol–water partition coefficient (Wildman–Crippen LogP) is 14.8. The molecule has 5 heteroatoms. The topological polar surface area (TPSA) is 55.1 Å². The van der Waals surface area contributed by atoms with E-state index in [0.717, 1.165) is 78.7 Å². The number of furan rings is 1. The van der Waals surface area contributed by atoms with Gasteiger partial charge < -0.3 is 9.32 Å². The van der Waals surface area contributed by atoms with Crippen LogP contribution >= 0.6 is 0 Å². The molecule has 0 bridgehead atoms. The van der Waals surface area contributed by atoms with Crippen LogP contribution in [0.5, 0.6) is 0 Å². The number of hydrogen-bond donors (Lipinski definition) is 0. The molecule has 1 atom stereocenters. The third-order valence-corrected chi connectivity index (χ3v) is 11.7. The number of para-hydroxylation sites is 1. The van der Waals surface area contributed by atoms with Gasteiger partial charge >= 0.3 is 0 Å².